The fourth-order valence-corrected chi connectivity index (χ4v) is 4.88. The number of ether oxygens (including phenoxy) is 1. The van der Waals surface area contributed by atoms with Crippen molar-refractivity contribution in [2.45, 2.75) is 51.0 Å². The molecule has 2 saturated heterocycles. The van der Waals surface area contributed by atoms with Gasteiger partial charge in [0.1, 0.15) is 17.0 Å². The summed E-state index contributed by atoms with van der Waals surface area (Å²) in [6.45, 7) is 4.35. The summed E-state index contributed by atoms with van der Waals surface area (Å²) >= 11 is 0. The topological polar surface area (TPSA) is 83.4 Å². The van der Waals surface area contributed by atoms with Crippen LogP contribution in [0.25, 0.3) is 10.9 Å². The third kappa shape index (κ3) is 3.77. The highest BCUT2D eigenvalue weighted by molar-refractivity contribution is 5.93. The van der Waals surface area contributed by atoms with E-state index in [1.54, 1.807) is 19.9 Å². The van der Waals surface area contributed by atoms with Crippen LogP contribution in [-0.4, -0.2) is 45.6 Å². The maximum absolute atomic E-state index is 14.7. The molecule has 0 amide bonds. The van der Waals surface area contributed by atoms with Crippen LogP contribution < -0.4 is 10.2 Å². The van der Waals surface area contributed by atoms with Crippen molar-refractivity contribution in [3.63, 3.8) is 0 Å². The molecular weight excluding hydrogens is 454 g/mol. The van der Waals surface area contributed by atoms with Gasteiger partial charge in [-0.1, -0.05) is 12.1 Å². The minimum atomic E-state index is -4.80. The molecule has 0 aliphatic carbocycles. The van der Waals surface area contributed by atoms with Crippen LogP contribution in [0.4, 0.5) is 29.1 Å². The molecule has 0 radical (unpaired) electrons. The Hall–Kier alpha value is -3.21. The molecule has 0 spiro atoms. The summed E-state index contributed by atoms with van der Waals surface area (Å²) in [5, 5.41) is 22.5. The first-order chi connectivity index (χ1) is 16.1. The Labute approximate surface area is 192 Å². The molecule has 3 atom stereocenters. The van der Waals surface area contributed by atoms with Gasteiger partial charge >= 0.3 is 6.18 Å². The molecule has 3 aromatic rings. The summed E-state index contributed by atoms with van der Waals surface area (Å²) in [5.41, 5.74) is -0.0586. The van der Waals surface area contributed by atoms with Gasteiger partial charge in [0.25, 0.3) is 0 Å². The molecule has 2 aliphatic heterocycles. The molecule has 2 aromatic heterocycles. The van der Waals surface area contributed by atoms with Crippen LogP contribution in [0.3, 0.4) is 0 Å². The number of morpholine rings is 1. The summed E-state index contributed by atoms with van der Waals surface area (Å²) in [6.07, 6.45) is -2.93. The quantitative estimate of drug-likeness (QED) is 0.526. The Bertz CT molecular complexity index is 1240. The van der Waals surface area contributed by atoms with Gasteiger partial charge in [-0.05, 0) is 38.8 Å². The van der Waals surface area contributed by atoms with E-state index in [0.717, 1.165) is 12.8 Å². The number of aromatic nitrogens is 3. The lowest BCUT2D eigenvalue weighted by Gasteiger charge is -2.36. The van der Waals surface area contributed by atoms with E-state index in [9.17, 15) is 22.7 Å². The molecule has 2 fully saturated rings. The van der Waals surface area contributed by atoms with Gasteiger partial charge in [-0.2, -0.15) is 18.3 Å². The van der Waals surface area contributed by atoms with Crippen molar-refractivity contribution >= 4 is 22.4 Å². The van der Waals surface area contributed by atoms with Crippen LogP contribution in [0.2, 0.25) is 0 Å². The highest BCUT2D eigenvalue weighted by Crippen LogP contribution is 2.41. The predicted molar refractivity (Wildman–Crippen MR) is 117 cm³/mol. The van der Waals surface area contributed by atoms with E-state index in [1.165, 1.54) is 12.1 Å². The lowest BCUT2D eigenvalue weighted by atomic mass is 10.0. The van der Waals surface area contributed by atoms with Gasteiger partial charge < -0.3 is 20.1 Å². The van der Waals surface area contributed by atoms with Crippen molar-refractivity contribution in [1.82, 2.24) is 15.2 Å². The first-order valence-electron chi connectivity index (χ1n) is 11.0. The molecule has 2 bridgehead atoms. The number of nitrogens with one attached hydrogen (secondary N) is 1. The predicted octanol–water partition coefficient (Wildman–Crippen LogP) is 4.74. The summed E-state index contributed by atoms with van der Waals surface area (Å²) < 4.78 is 59.8. The van der Waals surface area contributed by atoms with E-state index >= 15 is 0 Å². The van der Waals surface area contributed by atoms with Crippen molar-refractivity contribution < 1.29 is 27.4 Å². The average molecular weight is 477 g/mol. The number of hydrogen-bond acceptors (Lipinski definition) is 7. The van der Waals surface area contributed by atoms with Crippen molar-refractivity contribution in [2.24, 2.45) is 0 Å². The lowest BCUT2D eigenvalue weighted by molar-refractivity contribution is -0.140. The number of nitrogens with zero attached hydrogens (tertiary/aromatic N) is 4. The third-order valence-electron chi connectivity index (χ3n) is 6.55. The molecule has 2 aliphatic rings. The zero-order valence-corrected chi connectivity index (χ0v) is 18.5. The zero-order valence-electron chi connectivity index (χ0n) is 18.5. The van der Waals surface area contributed by atoms with Gasteiger partial charge in [0.05, 0.1) is 42.6 Å². The number of anilines is 2. The number of aromatic hydroxyl groups is 1. The number of rotatable bonds is 4. The van der Waals surface area contributed by atoms with Crippen LogP contribution in [0, 0.1) is 12.7 Å². The normalized spacial score (nSPS) is 21.2. The maximum Gasteiger partial charge on any atom is 0.419 e. The second-order valence-electron chi connectivity index (χ2n) is 8.76. The lowest BCUT2D eigenvalue weighted by Crippen LogP contribution is -2.46. The van der Waals surface area contributed by atoms with Crippen molar-refractivity contribution in [2.75, 3.05) is 23.4 Å². The Morgan fingerprint density at radius 1 is 1.18 bits per heavy atom. The molecule has 5 rings (SSSR count). The number of aryl methyl sites for hydroxylation is 1. The van der Waals surface area contributed by atoms with Gasteiger partial charge in [0.2, 0.25) is 5.88 Å². The van der Waals surface area contributed by atoms with Crippen LogP contribution in [0.15, 0.2) is 24.3 Å². The zero-order chi connectivity index (χ0) is 24.2. The number of alkyl halides is 3. The Morgan fingerprint density at radius 3 is 2.56 bits per heavy atom. The Kier molecular flexibility index (Phi) is 5.46. The first-order valence-corrected chi connectivity index (χ1v) is 11.0. The average Bonchev–Trinajstić information content (AvgIpc) is 3.02. The summed E-state index contributed by atoms with van der Waals surface area (Å²) in [4.78, 5) is 6.47. The van der Waals surface area contributed by atoms with E-state index in [4.69, 9.17) is 4.74 Å². The van der Waals surface area contributed by atoms with Crippen LogP contribution in [0.5, 0.6) is 5.88 Å². The van der Waals surface area contributed by atoms with Gasteiger partial charge in [-0.15, -0.1) is 5.10 Å². The SMILES string of the molecule is Cc1nnc(N[C@H](C)c2cccc(C(F)(F)F)c2F)c2cc(N3C4CCC3COC4)c(O)nc12. The number of hydrogen-bond donors (Lipinski definition) is 2. The third-order valence-corrected chi connectivity index (χ3v) is 6.55. The molecule has 11 heteroatoms. The number of fused-ring (bicyclic) bond motifs is 3. The van der Waals surface area contributed by atoms with E-state index in [-0.39, 0.29) is 29.3 Å². The minimum Gasteiger partial charge on any atom is -0.492 e. The monoisotopic (exact) mass is 477 g/mol. The highest BCUT2D eigenvalue weighted by atomic mass is 19.4. The maximum atomic E-state index is 14.7. The molecule has 2 N–H and O–H groups in total. The van der Waals surface area contributed by atoms with Gasteiger partial charge in [-0.25, -0.2) is 9.37 Å². The van der Waals surface area contributed by atoms with Crippen molar-refractivity contribution in [3.05, 3.63) is 46.9 Å². The molecule has 4 heterocycles. The summed E-state index contributed by atoms with van der Waals surface area (Å²) in [5.74, 6) is -1.23. The molecule has 2 unspecified atom stereocenters. The Balaban J connectivity index is 1.55. The standard InChI is InChI=1S/C23H23F4N5O2/c1-11(15-4-3-5-17(19(15)24)23(25,26)27)28-21-16-8-18(22(33)29-20(16)12(2)30-31-21)32-13-6-7-14(32)10-34-9-13/h3-5,8,11,13-14H,6-7,9-10H2,1-2H3,(H,28,31)(H,29,33)/t11-,13?,14?/m1/s1. The van der Waals surface area contributed by atoms with Crippen molar-refractivity contribution in [3.8, 4) is 5.88 Å². The molecule has 1 aromatic carbocycles. The van der Waals surface area contributed by atoms with E-state index in [0.29, 0.717) is 41.6 Å². The van der Waals surface area contributed by atoms with E-state index in [2.05, 4.69) is 25.4 Å². The fraction of sp³-hybridized carbons (Fsp3) is 0.435. The highest BCUT2D eigenvalue weighted by Gasteiger charge is 2.39. The molecular formula is C23H23F4N5O2. The summed E-state index contributed by atoms with van der Waals surface area (Å²) in [6, 6.07) is 4.33. The van der Waals surface area contributed by atoms with Crippen LogP contribution in [0.1, 0.15) is 42.6 Å². The minimum absolute atomic E-state index is 0.120. The molecule has 34 heavy (non-hydrogen) atoms. The van der Waals surface area contributed by atoms with Crippen LogP contribution in [-0.2, 0) is 10.9 Å². The van der Waals surface area contributed by atoms with Crippen LogP contribution >= 0.6 is 0 Å². The van der Waals surface area contributed by atoms with Gasteiger partial charge in [-0.3, -0.25) is 0 Å². The second-order valence-corrected chi connectivity index (χ2v) is 8.76. The number of halogens is 4. The number of pyridine rings is 1. The smallest absolute Gasteiger partial charge is 0.419 e. The van der Waals surface area contributed by atoms with E-state index in [1.807, 2.05) is 0 Å². The van der Waals surface area contributed by atoms with Gasteiger partial charge in [0.15, 0.2) is 5.82 Å². The first kappa shape index (κ1) is 22.6. The molecule has 0 saturated carbocycles. The second kappa shape index (κ2) is 8.23. The largest absolute Gasteiger partial charge is 0.492 e. The van der Waals surface area contributed by atoms with Gasteiger partial charge in [0, 0.05) is 10.9 Å². The molecule has 7 nitrogen and oxygen atoms in total. The fourth-order valence-electron chi connectivity index (χ4n) is 4.88. The van der Waals surface area contributed by atoms with Crippen molar-refractivity contribution in [1.29, 1.82) is 0 Å². The Morgan fingerprint density at radius 2 is 1.88 bits per heavy atom. The summed E-state index contributed by atoms with van der Waals surface area (Å²) in [7, 11) is 0. The number of benzene rings is 1. The van der Waals surface area contributed by atoms with E-state index < -0.39 is 23.6 Å². The molecule has 180 valence electrons.